The fourth-order valence-electron chi connectivity index (χ4n) is 1.60. The van der Waals surface area contributed by atoms with Crippen LogP contribution in [0.4, 0.5) is 8.78 Å². The molecule has 0 N–H and O–H groups in total. The molecular formula is C13H16F2N2. The van der Waals surface area contributed by atoms with Crippen LogP contribution in [-0.4, -0.2) is 17.5 Å². The molecule has 0 heterocycles. The molecule has 0 fully saturated rings. The first-order chi connectivity index (χ1) is 8.04. The van der Waals surface area contributed by atoms with Crippen molar-refractivity contribution in [1.82, 2.24) is 4.90 Å². The van der Waals surface area contributed by atoms with Crippen LogP contribution in [0.25, 0.3) is 0 Å². The normalized spacial score (nSPS) is 10.9. The van der Waals surface area contributed by atoms with E-state index in [9.17, 15) is 8.78 Å². The van der Waals surface area contributed by atoms with Gasteiger partial charge >= 0.3 is 0 Å². The van der Waals surface area contributed by atoms with Crippen LogP contribution in [0.1, 0.15) is 25.8 Å². The van der Waals surface area contributed by atoms with E-state index in [1.165, 1.54) is 6.07 Å². The van der Waals surface area contributed by atoms with Gasteiger partial charge in [-0.1, -0.05) is 0 Å². The third kappa shape index (κ3) is 4.12. The molecule has 1 rings (SSSR count). The van der Waals surface area contributed by atoms with Gasteiger partial charge in [0.2, 0.25) is 0 Å². The summed E-state index contributed by atoms with van der Waals surface area (Å²) in [6, 6.07) is 5.68. The highest BCUT2D eigenvalue weighted by Gasteiger charge is 2.13. The van der Waals surface area contributed by atoms with Crippen molar-refractivity contribution in [3.05, 3.63) is 35.4 Å². The molecule has 17 heavy (non-hydrogen) atoms. The van der Waals surface area contributed by atoms with Crippen molar-refractivity contribution < 1.29 is 8.78 Å². The average molecular weight is 238 g/mol. The maximum atomic E-state index is 13.5. The standard InChI is InChI=1S/C13H16F2N2/c1-10(2)17(7-3-6-16)9-11-8-12(14)4-5-13(11)15/h4-5,8,10H,3,7,9H2,1-2H3. The van der Waals surface area contributed by atoms with Gasteiger partial charge in [-0.2, -0.15) is 5.26 Å². The van der Waals surface area contributed by atoms with Gasteiger partial charge in [-0.3, -0.25) is 4.90 Å². The fourth-order valence-corrected chi connectivity index (χ4v) is 1.60. The lowest BCUT2D eigenvalue weighted by Crippen LogP contribution is -2.31. The first-order valence-corrected chi connectivity index (χ1v) is 5.59. The van der Waals surface area contributed by atoms with Gasteiger partial charge in [0.1, 0.15) is 11.6 Å². The van der Waals surface area contributed by atoms with Gasteiger partial charge in [-0.25, -0.2) is 8.78 Å². The van der Waals surface area contributed by atoms with Gasteiger partial charge in [0.15, 0.2) is 0 Å². The molecule has 92 valence electrons. The third-order valence-corrected chi connectivity index (χ3v) is 2.62. The van der Waals surface area contributed by atoms with Crippen molar-refractivity contribution in [2.45, 2.75) is 32.9 Å². The number of halogens is 2. The van der Waals surface area contributed by atoms with Gasteiger partial charge in [-0.05, 0) is 32.0 Å². The van der Waals surface area contributed by atoms with Crippen LogP contribution in [0.5, 0.6) is 0 Å². The van der Waals surface area contributed by atoms with E-state index in [4.69, 9.17) is 5.26 Å². The smallest absolute Gasteiger partial charge is 0.127 e. The second-order valence-corrected chi connectivity index (χ2v) is 4.21. The Hall–Kier alpha value is -1.47. The molecule has 0 saturated heterocycles. The molecule has 2 nitrogen and oxygen atoms in total. The summed E-state index contributed by atoms with van der Waals surface area (Å²) in [5, 5.41) is 8.55. The van der Waals surface area contributed by atoms with Crippen molar-refractivity contribution in [1.29, 1.82) is 5.26 Å². The predicted molar refractivity (Wildman–Crippen MR) is 62.1 cm³/mol. The molecule has 0 aliphatic carbocycles. The molecule has 0 unspecified atom stereocenters. The molecule has 0 saturated carbocycles. The number of benzene rings is 1. The summed E-state index contributed by atoms with van der Waals surface area (Å²) in [5.41, 5.74) is 0.330. The summed E-state index contributed by atoms with van der Waals surface area (Å²) in [6.45, 7) is 4.82. The van der Waals surface area contributed by atoms with E-state index in [0.29, 0.717) is 25.1 Å². The lowest BCUT2D eigenvalue weighted by Gasteiger charge is -2.25. The van der Waals surface area contributed by atoms with Crippen LogP contribution in [0, 0.1) is 23.0 Å². The maximum absolute atomic E-state index is 13.5. The molecular weight excluding hydrogens is 222 g/mol. The van der Waals surface area contributed by atoms with E-state index in [2.05, 4.69) is 6.07 Å². The molecule has 0 atom stereocenters. The van der Waals surface area contributed by atoms with Crippen molar-refractivity contribution >= 4 is 0 Å². The topological polar surface area (TPSA) is 27.0 Å². The summed E-state index contributed by atoms with van der Waals surface area (Å²) in [4.78, 5) is 1.95. The Bertz CT molecular complexity index is 410. The van der Waals surface area contributed by atoms with E-state index in [1.54, 1.807) is 0 Å². The predicted octanol–water partition coefficient (Wildman–Crippen LogP) is 3.09. The fraction of sp³-hybridized carbons (Fsp3) is 0.462. The summed E-state index contributed by atoms with van der Waals surface area (Å²) >= 11 is 0. The zero-order valence-corrected chi connectivity index (χ0v) is 10.1. The third-order valence-electron chi connectivity index (χ3n) is 2.62. The maximum Gasteiger partial charge on any atom is 0.127 e. The average Bonchev–Trinajstić information content (AvgIpc) is 2.28. The molecule has 0 amide bonds. The van der Waals surface area contributed by atoms with Crippen LogP contribution in [0.3, 0.4) is 0 Å². The Morgan fingerprint density at radius 1 is 1.35 bits per heavy atom. The molecule has 1 aromatic carbocycles. The van der Waals surface area contributed by atoms with E-state index in [0.717, 1.165) is 12.1 Å². The lowest BCUT2D eigenvalue weighted by atomic mass is 10.1. The number of nitrogens with zero attached hydrogens (tertiary/aromatic N) is 2. The highest BCUT2D eigenvalue weighted by atomic mass is 19.1. The summed E-state index contributed by atoms with van der Waals surface area (Å²) in [6.07, 6.45) is 0.384. The van der Waals surface area contributed by atoms with Crippen molar-refractivity contribution in [3.63, 3.8) is 0 Å². The highest BCUT2D eigenvalue weighted by Crippen LogP contribution is 2.14. The molecule has 0 aliphatic heterocycles. The van der Waals surface area contributed by atoms with E-state index in [-0.39, 0.29) is 6.04 Å². The molecule has 0 radical (unpaired) electrons. The molecule has 0 bridgehead atoms. The SMILES string of the molecule is CC(C)N(CCC#N)Cc1cc(F)ccc1F. The van der Waals surface area contributed by atoms with Crippen molar-refractivity contribution in [2.24, 2.45) is 0 Å². The number of nitriles is 1. The zero-order valence-electron chi connectivity index (χ0n) is 10.1. The Labute approximate surface area is 100 Å². The summed E-state index contributed by atoms with van der Waals surface area (Å²) in [5.74, 6) is -0.848. The summed E-state index contributed by atoms with van der Waals surface area (Å²) in [7, 11) is 0. The monoisotopic (exact) mass is 238 g/mol. The first-order valence-electron chi connectivity index (χ1n) is 5.59. The van der Waals surface area contributed by atoms with E-state index < -0.39 is 11.6 Å². The number of rotatable bonds is 5. The van der Waals surface area contributed by atoms with E-state index >= 15 is 0 Å². The summed E-state index contributed by atoms with van der Waals surface area (Å²) < 4.78 is 26.5. The van der Waals surface area contributed by atoms with Crippen LogP contribution in [-0.2, 0) is 6.54 Å². The molecule has 0 spiro atoms. The van der Waals surface area contributed by atoms with Crippen LogP contribution < -0.4 is 0 Å². The van der Waals surface area contributed by atoms with Gasteiger partial charge in [0.05, 0.1) is 6.07 Å². The van der Waals surface area contributed by atoms with Gasteiger partial charge in [-0.15, -0.1) is 0 Å². The second-order valence-electron chi connectivity index (χ2n) is 4.21. The van der Waals surface area contributed by atoms with Crippen LogP contribution in [0.15, 0.2) is 18.2 Å². The van der Waals surface area contributed by atoms with Crippen molar-refractivity contribution in [3.8, 4) is 6.07 Å². The minimum absolute atomic E-state index is 0.186. The minimum atomic E-state index is -0.439. The Morgan fingerprint density at radius 3 is 2.65 bits per heavy atom. The quantitative estimate of drug-likeness (QED) is 0.788. The Morgan fingerprint density at radius 2 is 2.06 bits per heavy atom. The highest BCUT2D eigenvalue weighted by molar-refractivity contribution is 5.18. The molecule has 4 heteroatoms. The van der Waals surface area contributed by atoms with Gasteiger partial charge in [0.25, 0.3) is 0 Å². The van der Waals surface area contributed by atoms with Gasteiger partial charge in [0, 0.05) is 31.1 Å². The largest absolute Gasteiger partial charge is 0.296 e. The Kier molecular flexibility index (Phi) is 5.05. The van der Waals surface area contributed by atoms with Crippen LogP contribution in [0.2, 0.25) is 0 Å². The molecule has 0 aliphatic rings. The molecule has 0 aromatic heterocycles. The lowest BCUT2D eigenvalue weighted by molar-refractivity contribution is 0.215. The zero-order chi connectivity index (χ0) is 12.8. The number of hydrogen-bond donors (Lipinski definition) is 0. The van der Waals surface area contributed by atoms with Crippen LogP contribution >= 0.6 is 0 Å². The Balaban J connectivity index is 2.78. The minimum Gasteiger partial charge on any atom is -0.296 e. The number of hydrogen-bond acceptors (Lipinski definition) is 2. The second kappa shape index (κ2) is 6.31. The first kappa shape index (κ1) is 13.6. The van der Waals surface area contributed by atoms with Gasteiger partial charge < -0.3 is 0 Å². The van der Waals surface area contributed by atoms with Crippen molar-refractivity contribution in [2.75, 3.05) is 6.54 Å². The van der Waals surface area contributed by atoms with E-state index in [1.807, 2.05) is 18.7 Å². The molecule has 1 aromatic rings.